The molecule has 0 radical (unpaired) electrons. The summed E-state index contributed by atoms with van der Waals surface area (Å²) in [6.45, 7) is 0.746. The van der Waals surface area contributed by atoms with Gasteiger partial charge in [-0.05, 0) is 29.7 Å². The van der Waals surface area contributed by atoms with E-state index in [4.69, 9.17) is 10.00 Å². The summed E-state index contributed by atoms with van der Waals surface area (Å²) >= 11 is 0. The molecule has 5 heteroatoms. The zero-order chi connectivity index (χ0) is 13.2. The Labute approximate surface area is 102 Å². The van der Waals surface area contributed by atoms with Crippen LogP contribution in [0.15, 0.2) is 24.3 Å². The van der Waals surface area contributed by atoms with Gasteiger partial charge in [0.2, 0.25) is 0 Å². The molecule has 1 aromatic carbocycles. The monoisotopic (exact) mass is 253 g/mol. The lowest BCUT2D eigenvalue weighted by Gasteiger charge is -2.18. The molecule has 0 amide bonds. The van der Waals surface area contributed by atoms with E-state index < -0.39 is 11.7 Å². The Hall–Kier alpha value is -1.80. The highest BCUT2D eigenvalue weighted by Gasteiger charge is 2.34. The molecule has 0 aromatic heterocycles. The van der Waals surface area contributed by atoms with Crippen LogP contribution in [0.5, 0.6) is 0 Å². The van der Waals surface area contributed by atoms with E-state index in [1.54, 1.807) is 12.1 Å². The summed E-state index contributed by atoms with van der Waals surface area (Å²) in [7, 11) is 0. The Morgan fingerprint density at radius 1 is 1.28 bits per heavy atom. The first-order chi connectivity index (χ1) is 8.52. The van der Waals surface area contributed by atoms with Crippen LogP contribution in [0.2, 0.25) is 0 Å². The molecular formula is C13H10F3NO. The maximum atomic E-state index is 13.0. The number of halogens is 3. The highest BCUT2D eigenvalue weighted by molar-refractivity contribution is 5.70. The number of alkyl halides is 3. The van der Waals surface area contributed by atoms with Crippen LogP contribution in [0, 0.1) is 11.3 Å². The Morgan fingerprint density at radius 3 is 2.61 bits per heavy atom. The summed E-state index contributed by atoms with van der Waals surface area (Å²) in [6, 6.07) is 5.38. The van der Waals surface area contributed by atoms with Crippen LogP contribution in [0.4, 0.5) is 13.2 Å². The normalized spacial score (nSPS) is 16.0. The first-order valence-electron chi connectivity index (χ1n) is 5.41. The standard InChI is InChI=1S/C13H10F3NO/c14-13(15,16)12-7-9(8-17)1-2-11(12)10-3-5-18-6-4-10/h1-3,7H,4-6H2. The van der Waals surface area contributed by atoms with E-state index in [-0.39, 0.29) is 11.1 Å². The first-order valence-corrected chi connectivity index (χ1v) is 5.41. The minimum atomic E-state index is -4.46. The summed E-state index contributed by atoms with van der Waals surface area (Å²) < 4.78 is 43.9. The van der Waals surface area contributed by atoms with E-state index in [1.807, 2.05) is 0 Å². The molecule has 0 bridgehead atoms. The zero-order valence-electron chi connectivity index (χ0n) is 9.42. The van der Waals surface area contributed by atoms with Crippen LogP contribution in [0.1, 0.15) is 23.1 Å². The highest BCUT2D eigenvalue weighted by Crippen LogP contribution is 2.37. The molecule has 0 saturated heterocycles. The van der Waals surface area contributed by atoms with E-state index in [0.29, 0.717) is 25.2 Å². The number of rotatable bonds is 1. The van der Waals surface area contributed by atoms with E-state index >= 15 is 0 Å². The van der Waals surface area contributed by atoms with Gasteiger partial charge in [-0.25, -0.2) is 0 Å². The summed E-state index contributed by atoms with van der Waals surface area (Å²) in [6.07, 6.45) is -2.35. The quantitative estimate of drug-likeness (QED) is 0.768. The number of hydrogen-bond acceptors (Lipinski definition) is 2. The van der Waals surface area contributed by atoms with Crippen molar-refractivity contribution in [2.45, 2.75) is 12.6 Å². The largest absolute Gasteiger partial charge is 0.417 e. The van der Waals surface area contributed by atoms with Crippen molar-refractivity contribution >= 4 is 5.57 Å². The molecule has 0 saturated carbocycles. The van der Waals surface area contributed by atoms with Gasteiger partial charge in [-0.3, -0.25) is 0 Å². The molecule has 1 heterocycles. The van der Waals surface area contributed by atoms with Crippen LogP contribution in [0.3, 0.4) is 0 Å². The lowest BCUT2D eigenvalue weighted by atomic mass is 9.94. The van der Waals surface area contributed by atoms with Crippen LogP contribution >= 0.6 is 0 Å². The lowest BCUT2D eigenvalue weighted by Crippen LogP contribution is -2.12. The maximum Gasteiger partial charge on any atom is 0.417 e. The van der Waals surface area contributed by atoms with E-state index in [1.165, 1.54) is 12.1 Å². The minimum Gasteiger partial charge on any atom is -0.377 e. The molecule has 0 spiro atoms. The van der Waals surface area contributed by atoms with Crippen LogP contribution < -0.4 is 0 Å². The third kappa shape index (κ3) is 2.54. The van der Waals surface area contributed by atoms with Crippen LogP contribution in [-0.4, -0.2) is 13.2 Å². The second-order valence-corrected chi connectivity index (χ2v) is 3.92. The van der Waals surface area contributed by atoms with E-state index in [9.17, 15) is 13.2 Å². The van der Waals surface area contributed by atoms with Gasteiger partial charge in [0, 0.05) is 0 Å². The van der Waals surface area contributed by atoms with Crippen LogP contribution in [0.25, 0.3) is 5.57 Å². The van der Waals surface area contributed by atoms with Gasteiger partial charge in [-0.1, -0.05) is 12.1 Å². The van der Waals surface area contributed by atoms with Crippen molar-refractivity contribution < 1.29 is 17.9 Å². The van der Waals surface area contributed by atoms with Gasteiger partial charge in [0.15, 0.2) is 0 Å². The average Bonchev–Trinajstić information content (AvgIpc) is 2.38. The Morgan fingerprint density at radius 2 is 2.06 bits per heavy atom. The third-order valence-corrected chi connectivity index (χ3v) is 2.76. The number of ether oxygens (including phenoxy) is 1. The van der Waals surface area contributed by atoms with Crippen molar-refractivity contribution in [3.63, 3.8) is 0 Å². The van der Waals surface area contributed by atoms with Crippen molar-refractivity contribution in [1.29, 1.82) is 5.26 Å². The van der Waals surface area contributed by atoms with Crippen molar-refractivity contribution in [1.82, 2.24) is 0 Å². The summed E-state index contributed by atoms with van der Waals surface area (Å²) in [5.41, 5.74) is 0.0244. The SMILES string of the molecule is N#Cc1ccc(C2=CCOCC2)c(C(F)(F)F)c1. The average molecular weight is 253 g/mol. The van der Waals surface area contributed by atoms with Gasteiger partial charge in [0.05, 0.1) is 30.4 Å². The van der Waals surface area contributed by atoms with Gasteiger partial charge < -0.3 is 4.74 Å². The first kappa shape index (κ1) is 12.7. The van der Waals surface area contributed by atoms with Crippen molar-refractivity contribution in [3.05, 3.63) is 41.0 Å². The van der Waals surface area contributed by atoms with E-state index in [2.05, 4.69) is 0 Å². The molecule has 2 rings (SSSR count). The molecule has 0 fully saturated rings. The fourth-order valence-corrected chi connectivity index (χ4v) is 1.90. The lowest BCUT2D eigenvalue weighted by molar-refractivity contribution is -0.137. The Balaban J connectivity index is 2.53. The Bertz CT molecular complexity index is 526. The van der Waals surface area contributed by atoms with Gasteiger partial charge in [0.25, 0.3) is 0 Å². The third-order valence-electron chi connectivity index (χ3n) is 2.76. The molecule has 1 aromatic rings. The smallest absolute Gasteiger partial charge is 0.377 e. The van der Waals surface area contributed by atoms with Gasteiger partial charge >= 0.3 is 6.18 Å². The van der Waals surface area contributed by atoms with Gasteiger partial charge in [-0.2, -0.15) is 18.4 Å². The molecule has 0 atom stereocenters. The van der Waals surface area contributed by atoms with Crippen molar-refractivity contribution in [3.8, 4) is 6.07 Å². The Kier molecular flexibility index (Phi) is 3.39. The highest BCUT2D eigenvalue weighted by atomic mass is 19.4. The van der Waals surface area contributed by atoms with Crippen LogP contribution in [-0.2, 0) is 10.9 Å². The second kappa shape index (κ2) is 4.83. The molecule has 0 unspecified atom stereocenters. The molecule has 18 heavy (non-hydrogen) atoms. The predicted octanol–water partition coefficient (Wildman–Crippen LogP) is 3.38. The predicted molar refractivity (Wildman–Crippen MR) is 59.6 cm³/mol. The van der Waals surface area contributed by atoms with Crippen molar-refractivity contribution in [2.75, 3.05) is 13.2 Å². The fourth-order valence-electron chi connectivity index (χ4n) is 1.90. The topological polar surface area (TPSA) is 33.0 Å². The fraction of sp³-hybridized carbons (Fsp3) is 0.308. The molecule has 1 aliphatic rings. The minimum absolute atomic E-state index is 0.0127. The van der Waals surface area contributed by atoms with Gasteiger partial charge in [0.1, 0.15) is 0 Å². The molecule has 2 nitrogen and oxygen atoms in total. The molecule has 94 valence electrons. The summed E-state index contributed by atoms with van der Waals surface area (Å²) in [4.78, 5) is 0. The molecular weight excluding hydrogens is 243 g/mol. The number of hydrogen-bond donors (Lipinski definition) is 0. The number of benzene rings is 1. The van der Waals surface area contributed by atoms with Crippen molar-refractivity contribution in [2.24, 2.45) is 0 Å². The molecule has 0 aliphatic carbocycles. The maximum absolute atomic E-state index is 13.0. The number of nitriles is 1. The molecule has 0 N–H and O–H groups in total. The molecule has 1 aliphatic heterocycles. The number of nitrogens with zero attached hydrogens (tertiary/aromatic N) is 1. The summed E-state index contributed by atoms with van der Waals surface area (Å²) in [5, 5.41) is 8.68. The second-order valence-electron chi connectivity index (χ2n) is 3.92. The van der Waals surface area contributed by atoms with Gasteiger partial charge in [-0.15, -0.1) is 0 Å². The van der Waals surface area contributed by atoms with E-state index in [0.717, 1.165) is 6.07 Å². The zero-order valence-corrected chi connectivity index (χ0v) is 9.42. The summed E-state index contributed by atoms with van der Waals surface area (Å²) in [5.74, 6) is 0.